The predicted octanol–water partition coefficient (Wildman–Crippen LogP) is 3.33. The summed E-state index contributed by atoms with van der Waals surface area (Å²) in [5.41, 5.74) is 0.620. The standard InChI is InChI=1S/C7H5Cl2N/c1-10-7-4-5(8)2-3-6(7)9/h2-4H,1H2. The van der Waals surface area contributed by atoms with Gasteiger partial charge in [-0.3, -0.25) is 4.99 Å². The average Bonchev–Trinajstić information content (AvgIpc) is 1.94. The van der Waals surface area contributed by atoms with Gasteiger partial charge in [0.15, 0.2) is 0 Å². The Morgan fingerprint density at radius 2 is 2.00 bits per heavy atom. The third kappa shape index (κ3) is 1.49. The second kappa shape index (κ2) is 3.04. The molecule has 1 nitrogen and oxygen atoms in total. The van der Waals surface area contributed by atoms with Crippen molar-refractivity contribution < 1.29 is 0 Å². The number of benzene rings is 1. The summed E-state index contributed by atoms with van der Waals surface area (Å²) in [5.74, 6) is 0. The zero-order chi connectivity index (χ0) is 7.56. The molecule has 0 aliphatic rings. The molecule has 0 aliphatic heterocycles. The summed E-state index contributed by atoms with van der Waals surface area (Å²) in [5, 5.41) is 1.19. The van der Waals surface area contributed by atoms with Crippen LogP contribution in [0.15, 0.2) is 23.2 Å². The van der Waals surface area contributed by atoms with Gasteiger partial charge in [0.25, 0.3) is 0 Å². The van der Waals surface area contributed by atoms with Gasteiger partial charge in [0.05, 0.1) is 10.7 Å². The summed E-state index contributed by atoms with van der Waals surface area (Å²) in [6.07, 6.45) is 0. The first kappa shape index (κ1) is 7.58. The highest BCUT2D eigenvalue weighted by Crippen LogP contribution is 2.27. The summed E-state index contributed by atoms with van der Waals surface area (Å²) < 4.78 is 0. The van der Waals surface area contributed by atoms with Crippen molar-refractivity contribution >= 4 is 35.6 Å². The molecule has 0 spiro atoms. The Morgan fingerprint density at radius 1 is 1.30 bits per heavy atom. The Kier molecular flexibility index (Phi) is 2.30. The van der Waals surface area contributed by atoms with E-state index >= 15 is 0 Å². The molecule has 1 aromatic rings. The third-order valence-electron chi connectivity index (χ3n) is 1.08. The smallest absolute Gasteiger partial charge is 0.0823 e. The summed E-state index contributed by atoms with van der Waals surface area (Å²) in [7, 11) is 0. The van der Waals surface area contributed by atoms with Crippen LogP contribution in [-0.2, 0) is 0 Å². The Balaban J connectivity index is 3.21. The maximum absolute atomic E-state index is 5.70. The molecule has 1 rings (SSSR count). The van der Waals surface area contributed by atoms with E-state index in [4.69, 9.17) is 23.2 Å². The van der Waals surface area contributed by atoms with Crippen LogP contribution in [0.5, 0.6) is 0 Å². The van der Waals surface area contributed by atoms with Crippen LogP contribution in [-0.4, -0.2) is 6.72 Å². The van der Waals surface area contributed by atoms with Crippen LogP contribution in [0.2, 0.25) is 10.0 Å². The van der Waals surface area contributed by atoms with E-state index in [1.54, 1.807) is 18.2 Å². The summed E-state index contributed by atoms with van der Waals surface area (Å²) in [6, 6.07) is 5.06. The second-order valence-electron chi connectivity index (χ2n) is 1.75. The molecule has 0 heterocycles. The largest absolute Gasteiger partial charge is 0.263 e. The van der Waals surface area contributed by atoms with Gasteiger partial charge in [-0.2, -0.15) is 0 Å². The quantitative estimate of drug-likeness (QED) is 0.579. The fourth-order valence-corrected chi connectivity index (χ4v) is 0.951. The Bertz CT molecular complexity index is 258. The zero-order valence-electron chi connectivity index (χ0n) is 5.14. The lowest BCUT2D eigenvalue weighted by molar-refractivity contribution is 1.55. The highest BCUT2D eigenvalue weighted by molar-refractivity contribution is 6.35. The maximum Gasteiger partial charge on any atom is 0.0823 e. The van der Waals surface area contributed by atoms with Gasteiger partial charge in [-0.15, -0.1) is 0 Å². The average molecular weight is 174 g/mol. The molecule has 0 fully saturated rings. The van der Waals surface area contributed by atoms with Gasteiger partial charge in [0, 0.05) is 5.02 Å². The van der Waals surface area contributed by atoms with Gasteiger partial charge in [0.1, 0.15) is 0 Å². The van der Waals surface area contributed by atoms with E-state index in [-0.39, 0.29) is 0 Å². The molecule has 0 amide bonds. The van der Waals surface area contributed by atoms with Crippen molar-refractivity contribution in [3.63, 3.8) is 0 Å². The van der Waals surface area contributed by atoms with Gasteiger partial charge < -0.3 is 0 Å². The van der Waals surface area contributed by atoms with E-state index in [2.05, 4.69) is 11.7 Å². The molecule has 10 heavy (non-hydrogen) atoms. The van der Waals surface area contributed by atoms with Gasteiger partial charge in [-0.05, 0) is 24.9 Å². The van der Waals surface area contributed by atoms with Crippen molar-refractivity contribution in [2.24, 2.45) is 4.99 Å². The topological polar surface area (TPSA) is 12.4 Å². The van der Waals surface area contributed by atoms with Crippen molar-refractivity contribution in [1.82, 2.24) is 0 Å². The molecule has 0 aliphatic carbocycles. The lowest BCUT2D eigenvalue weighted by atomic mass is 10.3. The van der Waals surface area contributed by atoms with Gasteiger partial charge >= 0.3 is 0 Å². The Labute approximate surface area is 69.3 Å². The molecule has 3 heteroatoms. The Hall–Kier alpha value is -0.530. The number of halogens is 2. The highest BCUT2D eigenvalue weighted by atomic mass is 35.5. The SMILES string of the molecule is C=Nc1cc(Cl)ccc1Cl. The molecule has 0 unspecified atom stereocenters. The van der Waals surface area contributed by atoms with Crippen LogP contribution in [0.1, 0.15) is 0 Å². The van der Waals surface area contributed by atoms with E-state index in [9.17, 15) is 0 Å². The molecule has 0 radical (unpaired) electrons. The van der Waals surface area contributed by atoms with E-state index < -0.39 is 0 Å². The van der Waals surface area contributed by atoms with Gasteiger partial charge in [-0.1, -0.05) is 23.2 Å². The van der Waals surface area contributed by atoms with Gasteiger partial charge in [-0.25, -0.2) is 0 Å². The minimum Gasteiger partial charge on any atom is -0.263 e. The van der Waals surface area contributed by atoms with Crippen molar-refractivity contribution in [1.29, 1.82) is 0 Å². The first-order valence-corrected chi connectivity index (χ1v) is 3.41. The van der Waals surface area contributed by atoms with Crippen molar-refractivity contribution in [3.8, 4) is 0 Å². The predicted molar refractivity (Wildman–Crippen MR) is 45.7 cm³/mol. The third-order valence-corrected chi connectivity index (χ3v) is 1.63. The van der Waals surface area contributed by atoms with E-state index in [1.165, 1.54) is 0 Å². The van der Waals surface area contributed by atoms with E-state index in [0.29, 0.717) is 15.7 Å². The summed E-state index contributed by atoms with van der Waals surface area (Å²) >= 11 is 11.4. The molecule has 52 valence electrons. The molecule has 0 bridgehead atoms. The minimum absolute atomic E-state index is 0.569. The highest BCUT2D eigenvalue weighted by Gasteiger charge is 1.96. The number of hydrogen-bond acceptors (Lipinski definition) is 1. The van der Waals surface area contributed by atoms with Crippen molar-refractivity contribution in [3.05, 3.63) is 28.2 Å². The second-order valence-corrected chi connectivity index (χ2v) is 2.60. The number of aliphatic imine (C=N–C) groups is 1. The molecule has 0 aromatic heterocycles. The number of hydrogen-bond donors (Lipinski definition) is 0. The lowest BCUT2D eigenvalue weighted by Gasteiger charge is -1.95. The van der Waals surface area contributed by atoms with E-state index in [0.717, 1.165) is 0 Å². The Morgan fingerprint density at radius 3 is 2.50 bits per heavy atom. The number of nitrogens with zero attached hydrogens (tertiary/aromatic N) is 1. The molecule has 0 N–H and O–H groups in total. The van der Waals surface area contributed by atoms with Gasteiger partial charge in [0.2, 0.25) is 0 Å². The van der Waals surface area contributed by atoms with Crippen LogP contribution in [0.4, 0.5) is 5.69 Å². The van der Waals surface area contributed by atoms with Crippen molar-refractivity contribution in [2.45, 2.75) is 0 Å². The maximum atomic E-state index is 5.70. The van der Waals surface area contributed by atoms with Crippen LogP contribution >= 0.6 is 23.2 Å². The summed E-state index contributed by atoms with van der Waals surface area (Å²) in [6.45, 7) is 3.34. The summed E-state index contributed by atoms with van der Waals surface area (Å²) in [4.78, 5) is 3.66. The first-order valence-electron chi connectivity index (χ1n) is 2.66. The van der Waals surface area contributed by atoms with Crippen LogP contribution in [0, 0.1) is 0 Å². The first-order chi connectivity index (χ1) is 4.74. The fourth-order valence-electron chi connectivity index (χ4n) is 0.607. The fraction of sp³-hybridized carbons (Fsp3) is 0. The minimum atomic E-state index is 0.569. The van der Waals surface area contributed by atoms with Crippen LogP contribution in [0.25, 0.3) is 0 Å². The van der Waals surface area contributed by atoms with E-state index in [1.807, 2.05) is 0 Å². The monoisotopic (exact) mass is 173 g/mol. The molecule has 0 saturated heterocycles. The van der Waals surface area contributed by atoms with Crippen LogP contribution in [0.3, 0.4) is 0 Å². The molecular formula is C7H5Cl2N. The molecular weight excluding hydrogens is 169 g/mol. The normalized spacial score (nSPS) is 9.40. The lowest BCUT2D eigenvalue weighted by Crippen LogP contribution is -1.67. The van der Waals surface area contributed by atoms with Crippen LogP contribution < -0.4 is 0 Å². The number of rotatable bonds is 1. The molecule has 0 saturated carbocycles. The zero-order valence-corrected chi connectivity index (χ0v) is 6.65. The molecule has 0 atom stereocenters. The molecule has 1 aromatic carbocycles. The van der Waals surface area contributed by atoms with Crippen molar-refractivity contribution in [2.75, 3.05) is 0 Å².